The topological polar surface area (TPSA) is 55.2 Å². The summed E-state index contributed by atoms with van der Waals surface area (Å²) >= 11 is 0. The number of nitrogens with zero attached hydrogens (tertiary/aromatic N) is 1. The molecule has 0 radical (unpaired) electrons. The van der Waals surface area contributed by atoms with Crippen LogP contribution in [0.2, 0.25) is 0 Å². The smallest absolute Gasteiger partial charge is 0.269 e. The fourth-order valence-electron chi connectivity index (χ4n) is 2.69. The number of benzene rings is 1. The Bertz CT molecular complexity index is 395. The van der Waals surface area contributed by atoms with E-state index in [2.05, 4.69) is 5.32 Å². The van der Waals surface area contributed by atoms with Crippen LogP contribution in [0, 0.1) is 10.1 Å². The predicted octanol–water partition coefficient (Wildman–Crippen LogP) is 3.45. The molecule has 4 heteroatoms. The van der Waals surface area contributed by atoms with Crippen LogP contribution < -0.4 is 5.32 Å². The molecule has 0 saturated heterocycles. The van der Waals surface area contributed by atoms with Crippen molar-refractivity contribution in [2.75, 3.05) is 6.54 Å². The van der Waals surface area contributed by atoms with Crippen LogP contribution in [0.1, 0.15) is 44.1 Å². The van der Waals surface area contributed by atoms with Crippen LogP contribution >= 0.6 is 0 Å². The SMILES string of the molecule is O=[N+]([O-])c1ccc(CCNC2CCCCCC2)cc1. The lowest BCUT2D eigenvalue weighted by molar-refractivity contribution is -0.384. The third-order valence-corrected chi connectivity index (χ3v) is 3.85. The highest BCUT2D eigenvalue weighted by Gasteiger charge is 2.11. The van der Waals surface area contributed by atoms with Crippen LogP contribution in [-0.2, 0) is 6.42 Å². The molecule has 0 unspecified atom stereocenters. The highest BCUT2D eigenvalue weighted by atomic mass is 16.6. The molecule has 0 aliphatic heterocycles. The first-order valence-corrected chi connectivity index (χ1v) is 7.22. The predicted molar refractivity (Wildman–Crippen MR) is 76.3 cm³/mol. The molecule has 1 saturated carbocycles. The summed E-state index contributed by atoms with van der Waals surface area (Å²) in [7, 11) is 0. The van der Waals surface area contributed by atoms with Crippen molar-refractivity contribution in [2.45, 2.75) is 51.0 Å². The molecule has 104 valence electrons. The van der Waals surface area contributed by atoms with Gasteiger partial charge in [0.1, 0.15) is 0 Å². The summed E-state index contributed by atoms with van der Waals surface area (Å²) in [6.45, 7) is 0.961. The van der Waals surface area contributed by atoms with Gasteiger partial charge in [0, 0.05) is 18.2 Å². The van der Waals surface area contributed by atoms with Gasteiger partial charge in [-0.2, -0.15) is 0 Å². The summed E-state index contributed by atoms with van der Waals surface area (Å²) in [5.41, 5.74) is 1.33. The van der Waals surface area contributed by atoms with Gasteiger partial charge >= 0.3 is 0 Å². The molecule has 19 heavy (non-hydrogen) atoms. The second kappa shape index (κ2) is 7.24. The van der Waals surface area contributed by atoms with Crippen molar-refractivity contribution in [2.24, 2.45) is 0 Å². The van der Waals surface area contributed by atoms with E-state index in [9.17, 15) is 10.1 Å². The zero-order chi connectivity index (χ0) is 13.5. The van der Waals surface area contributed by atoms with Gasteiger partial charge in [-0.1, -0.05) is 37.8 Å². The van der Waals surface area contributed by atoms with E-state index in [0.717, 1.165) is 18.5 Å². The average Bonchev–Trinajstić information content (AvgIpc) is 2.68. The maximum absolute atomic E-state index is 10.6. The normalized spacial score (nSPS) is 17.1. The van der Waals surface area contributed by atoms with Gasteiger partial charge in [0.15, 0.2) is 0 Å². The van der Waals surface area contributed by atoms with E-state index < -0.39 is 0 Å². The summed E-state index contributed by atoms with van der Waals surface area (Å²) in [5.74, 6) is 0. The third-order valence-electron chi connectivity index (χ3n) is 3.85. The number of hydrogen-bond donors (Lipinski definition) is 1. The molecule has 1 aliphatic rings. The largest absolute Gasteiger partial charge is 0.314 e. The van der Waals surface area contributed by atoms with Crippen molar-refractivity contribution in [3.63, 3.8) is 0 Å². The Morgan fingerprint density at radius 3 is 2.32 bits per heavy atom. The molecule has 0 amide bonds. The Kier molecular flexibility index (Phi) is 5.33. The maximum atomic E-state index is 10.6. The average molecular weight is 262 g/mol. The van der Waals surface area contributed by atoms with E-state index in [0.29, 0.717) is 6.04 Å². The Labute approximate surface area is 114 Å². The summed E-state index contributed by atoms with van der Waals surface area (Å²) < 4.78 is 0. The molecular formula is C15H22N2O2. The molecule has 1 fully saturated rings. The molecule has 2 rings (SSSR count). The van der Waals surface area contributed by atoms with E-state index >= 15 is 0 Å². The summed E-state index contributed by atoms with van der Waals surface area (Å²) in [5, 5.41) is 14.2. The first-order valence-electron chi connectivity index (χ1n) is 7.22. The van der Waals surface area contributed by atoms with Gasteiger partial charge in [-0.15, -0.1) is 0 Å². The van der Waals surface area contributed by atoms with E-state index in [4.69, 9.17) is 0 Å². The minimum atomic E-state index is -0.354. The Balaban J connectivity index is 1.74. The van der Waals surface area contributed by atoms with Gasteiger partial charge in [0.25, 0.3) is 5.69 Å². The molecule has 1 aliphatic carbocycles. The zero-order valence-corrected chi connectivity index (χ0v) is 11.3. The molecule has 1 aromatic carbocycles. The molecule has 4 nitrogen and oxygen atoms in total. The van der Waals surface area contributed by atoms with Crippen LogP contribution in [0.3, 0.4) is 0 Å². The van der Waals surface area contributed by atoms with Gasteiger partial charge in [-0.25, -0.2) is 0 Å². The van der Waals surface area contributed by atoms with E-state index in [1.165, 1.54) is 38.5 Å². The molecule has 1 aromatic rings. The van der Waals surface area contributed by atoms with Crippen molar-refractivity contribution >= 4 is 5.69 Å². The lowest BCUT2D eigenvalue weighted by Crippen LogP contribution is -2.30. The van der Waals surface area contributed by atoms with Crippen molar-refractivity contribution in [1.29, 1.82) is 0 Å². The molecule has 0 aromatic heterocycles. The van der Waals surface area contributed by atoms with Gasteiger partial charge in [0.05, 0.1) is 4.92 Å². The standard InChI is InChI=1S/C15H22N2O2/c18-17(19)15-9-7-13(8-10-15)11-12-16-14-5-3-1-2-4-6-14/h7-10,14,16H,1-6,11-12H2. The van der Waals surface area contributed by atoms with Crippen LogP contribution in [0.15, 0.2) is 24.3 Å². The summed E-state index contributed by atoms with van der Waals surface area (Å²) in [6, 6.07) is 7.54. The zero-order valence-electron chi connectivity index (χ0n) is 11.3. The van der Waals surface area contributed by atoms with Gasteiger partial charge in [0.2, 0.25) is 0 Å². The number of nitrogens with one attached hydrogen (secondary N) is 1. The number of nitro benzene ring substituents is 1. The molecular weight excluding hydrogens is 240 g/mol. The quantitative estimate of drug-likeness (QED) is 0.502. The van der Waals surface area contributed by atoms with Gasteiger partial charge in [-0.3, -0.25) is 10.1 Å². The molecule has 0 atom stereocenters. The van der Waals surface area contributed by atoms with E-state index in [-0.39, 0.29) is 10.6 Å². The van der Waals surface area contributed by atoms with Crippen molar-refractivity contribution in [3.8, 4) is 0 Å². The minimum Gasteiger partial charge on any atom is -0.314 e. The number of nitro groups is 1. The highest BCUT2D eigenvalue weighted by molar-refractivity contribution is 5.32. The third kappa shape index (κ3) is 4.63. The Morgan fingerprint density at radius 2 is 1.74 bits per heavy atom. The van der Waals surface area contributed by atoms with E-state index in [1.807, 2.05) is 12.1 Å². The Hall–Kier alpha value is -1.42. The van der Waals surface area contributed by atoms with Crippen molar-refractivity contribution < 1.29 is 4.92 Å². The summed E-state index contributed by atoms with van der Waals surface area (Å²) in [6.07, 6.45) is 8.96. The highest BCUT2D eigenvalue weighted by Crippen LogP contribution is 2.17. The number of non-ortho nitro benzene ring substituents is 1. The maximum Gasteiger partial charge on any atom is 0.269 e. The van der Waals surface area contributed by atoms with Gasteiger partial charge in [-0.05, 0) is 31.4 Å². The number of hydrogen-bond acceptors (Lipinski definition) is 3. The van der Waals surface area contributed by atoms with Crippen molar-refractivity contribution in [3.05, 3.63) is 39.9 Å². The van der Waals surface area contributed by atoms with Crippen LogP contribution in [0.4, 0.5) is 5.69 Å². The van der Waals surface area contributed by atoms with Crippen LogP contribution in [0.25, 0.3) is 0 Å². The van der Waals surface area contributed by atoms with Crippen molar-refractivity contribution in [1.82, 2.24) is 5.32 Å². The second-order valence-corrected chi connectivity index (χ2v) is 5.32. The lowest BCUT2D eigenvalue weighted by Gasteiger charge is -2.15. The van der Waals surface area contributed by atoms with Gasteiger partial charge < -0.3 is 5.32 Å². The van der Waals surface area contributed by atoms with Crippen LogP contribution in [-0.4, -0.2) is 17.5 Å². The molecule has 0 heterocycles. The lowest BCUT2D eigenvalue weighted by atomic mass is 10.1. The minimum absolute atomic E-state index is 0.167. The van der Waals surface area contributed by atoms with Crippen LogP contribution in [0.5, 0.6) is 0 Å². The first-order chi connectivity index (χ1) is 9.25. The summed E-state index contributed by atoms with van der Waals surface area (Å²) in [4.78, 5) is 10.2. The molecule has 1 N–H and O–H groups in total. The fraction of sp³-hybridized carbons (Fsp3) is 0.600. The Morgan fingerprint density at radius 1 is 1.11 bits per heavy atom. The number of rotatable bonds is 5. The van der Waals surface area contributed by atoms with E-state index in [1.54, 1.807) is 12.1 Å². The monoisotopic (exact) mass is 262 g/mol. The fourth-order valence-corrected chi connectivity index (χ4v) is 2.69. The first kappa shape index (κ1) is 14.0. The second-order valence-electron chi connectivity index (χ2n) is 5.32. The molecule has 0 spiro atoms. The molecule has 0 bridgehead atoms.